The molecule has 0 saturated carbocycles. The molecule has 1 saturated heterocycles. The number of nitrogens with one attached hydrogen (secondary N) is 2. The van der Waals surface area contributed by atoms with E-state index in [1.54, 1.807) is 18.2 Å². The minimum atomic E-state index is -3.61. The summed E-state index contributed by atoms with van der Waals surface area (Å²) >= 11 is 5.97. The second-order valence-electron chi connectivity index (χ2n) is 4.84. The van der Waals surface area contributed by atoms with Crippen molar-refractivity contribution in [3.63, 3.8) is 0 Å². The number of ether oxygens (including phenoxy) is 1. The van der Waals surface area contributed by atoms with Gasteiger partial charge in [-0.05, 0) is 37.6 Å². The van der Waals surface area contributed by atoms with Crippen molar-refractivity contribution in [2.24, 2.45) is 0 Å². The van der Waals surface area contributed by atoms with Crippen molar-refractivity contribution >= 4 is 21.6 Å². The van der Waals surface area contributed by atoms with Gasteiger partial charge in [0.05, 0.1) is 11.1 Å². The van der Waals surface area contributed by atoms with Crippen molar-refractivity contribution in [2.75, 3.05) is 26.2 Å². The fourth-order valence-corrected chi connectivity index (χ4v) is 3.65. The highest BCUT2D eigenvalue weighted by Crippen LogP contribution is 2.22. The van der Waals surface area contributed by atoms with Crippen LogP contribution in [-0.4, -0.2) is 40.8 Å². The van der Waals surface area contributed by atoms with E-state index >= 15 is 0 Å². The van der Waals surface area contributed by atoms with E-state index < -0.39 is 10.0 Å². The lowest BCUT2D eigenvalue weighted by Gasteiger charge is -2.16. The maximum absolute atomic E-state index is 12.3. The van der Waals surface area contributed by atoms with E-state index in [0.717, 1.165) is 18.5 Å². The molecule has 1 aliphatic heterocycles. The summed E-state index contributed by atoms with van der Waals surface area (Å²) in [5, 5.41) is 3.43. The molecule has 1 aromatic rings. The van der Waals surface area contributed by atoms with Crippen molar-refractivity contribution in [1.29, 1.82) is 0 Å². The van der Waals surface area contributed by atoms with Crippen LogP contribution < -0.4 is 10.0 Å². The Morgan fingerprint density at radius 1 is 1.50 bits per heavy atom. The molecule has 7 heteroatoms. The fourth-order valence-electron chi connectivity index (χ4n) is 2.00. The minimum Gasteiger partial charge on any atom is -0.375 e. The summed E-state index contributed by atoms with van der Waals surface area (Å²) in [5.41, 5.74) is 0.849. The molecule has 0 radical (unpaired) electrons. The van der Waals surface area contributed by atoms with Crippen LogP contribution in [0, 0.1) is 6.92 Å². The van der Waals surface area contributed by atoms with E-state index in [-0.39, 0.29) is 22.6 Å². The van der Waals surface area contributed by atoms with E-state index in [1.165, 1.54) is 0 Å². The Hall–Kier alpha value is -0.660. The van der Waals surface area contributed by atoms with Gasteiger partial charge in [0.1, 0.15) is 4.90 Å². The van der Waals surface area contributed by atoms with E-state index in [9.17, 15) is 8.42 Å². The summed E-state index contributed by atoms with van der Waals surface area (Å²) in [5.74, 6) is 0. The van der Waals surface area contributed by atoms with E-state index in [2.05, 4.69) is 10.0 Å². The van der Waals surface area contributed by atoms with Gasteiger partial charge in [-0.1, -0.05) is 17.7 Å². The summed E-state index contributed by atoms with van der Waals surface area (Å²) in [6.07, 6.45) is 0.781. The highest BCUT2D eigenvalue weighted by atomic mass is 35.5. The van der Waals surface area contributed by atoms with Gasteiger partial charge in [-0.25, -0.2) is 13.1 Å². The van der Waals surface area contributed by atoms with Crippen LogP contribution in [0.4, 0.5) is 0 Å². The number of sulfonamides is 1. The molecule has 1 aliphatic rings. The lowest BCUT2D eigenvalue weighted by atomic mass is 10.2. The van der Waals surface area contributed by atoms with Gasteiger partial charge >= 0.3 is 0 Å². The molecule has 0 aliphatic carbocycles. The molecular weight excluding hydrogens is 300 g/mol. The molecular formula is C13H19ClN2O3S. The van der Waals surface area contributed by atoms with Gasteiger partial charge in [0, 0.05) is 19.7 Å². The van der Waals surface area contributed by atoms with Crippen molar-refractivity contribution < 1.29 is 13.2 Å². The SMILES string of the molecule is Cc1ccc(Cl)c(S(=O)(=O)NC[C@H]2CNCCCO2)c1. The second-order valence-corrected chi connectivity index (χ2v) is 6.98. The molecule has 112 valence electrons. The summed E-state index contributed by atoms with van der Waals surface area (Å²) in [7, 11) is -3.61. The Labute approximate surface area is 124 Å². The summed E-state index contributed by atoms with van der Waals surface area (Å²) in [6, 6.07) is 4.94. The molecule has 2 rings (SSSR count). The normalized spacial score (nSPS) is 20.6. The predicted octanol–water partition coefficient (Wildman–Crippen LogP) is 1.31. The first-order chi connectivity index (χ1) is 9.49. The van der Waals surface area contributed by atoms with Crippen LogP contribution in [0.1, 0.15) is 12.0 Å². The molecule has 1 heterocycles. The highest BCUT2D eigenvalue weighted by molar-refractivity contribution is 7.89. The monoisotopic (exact) mass is 318 g/mol. The highest BCUT2D eigenvalue weighted by Gasteiger charge is 2.20. The van der Waals surface area contributed by atoms with E-state index in [0.29, 0.717) is 13.2 Å². The first-order valence-corrected chi connectivity index (χ1v) is 8.43. The zero-order valence-corrected chi connectivity index (χ0v) is 12.9. The lowest BCUT2D eigenvalue weighted by molar-refractivity contribution is 0.0707. The van der Waals surface area contributed by atoms with Gasteiger partial charge in [0.15, 0.2) is 0 Å². The molecule has 1 atom stereocenters. The van der Waals surface area contributed by atoms with Gasteiger partial charge in [0.2, 0.25) is 10.0 Å². The molecule has 2 N–H and O–H groups in total. The van der Waals surface area contributed by atoms with Crippen LogP contribution in [0.15, 0.2) is 23.1 Å². The Morgan fingerprint density at radius 2 is 2.30 bits per heavy atom. The molecule has 0 unspecified atom stereocenters. The van der Waals surface area contributed by atoms with Gasteiger partial charge < -0.3 is 10.1 Å². The molecule has 0 amide bonds. The Morgan fingerprint density at radius 3 is 3.10 bits per heavy atom. The number of hydrogen-bond acceptors (Lipinski definition) is 4. The third-order valence-electron chi connectivity index (χ3n) is 3.10. The van der Waals surface area contributed by atoms with E-state index in [4.69, 9.17) is 16.3 Å². The second kappa shape index (κ2) is 6.87. The largest absolute Gasteiger partial charge is 0.375 e. The third-order valence-corrected chi connectivity index (χ3v) is 5.01. The van der Waals surface area contributed by atoms with Crippen LogP contribution in [-0.2, 0) is 14.8 Å². The molecule has 0 bridgehead atoms. The summed E-state index contributed by atoms with van der Waals surface area (Å²) in [4.78, 5) is 0.112. The van der Waals surface area contributed by atoms with Gasteiger partial charge in [-0.2, -0.15) is 0 Å². The van der Waals surface area contributed by atoms with E-state index in [1.807, 2.05) is 6.92 Å². The minimum absolute atomic E-state index is 0.112. The van der Waals surface area contributed by atoms with Crippen molar-refractivity contribution in [3.8, 4) is 0 Å². The maximum Gasteiger partial charge on any atom is 0.242 e. The van der Waals surface area contributed by atoms with Gasteiger partial charge in [0.25, 0.3) is 0 Å². The predicted molar refractivity (Wildman–Crippen MR) is 78.6 cm³/mol. The van der Waals surface area contributed by atoms with Crippen LogP contribution >= 0.6 is 11.6 Å². The Bertz CT molecular complexity index is 555. The molecule has 0 spiro atoms. The maximum atomic E-state index is 12.3. The smallest absolute Gasteiger partial charge is 0.242 e. The number of benzene rings is 1. The Kier molecular flexibility index (Phi) is 5.40. The number of aryl methyl sites for hydroxylation is 1. The quantitative estimate of drug-likeness (QED) is 0.878. The Balaban J connectivity index is 2.05. The molecule has 5 nitrogen and oxygen atoms in total. The first-order valence-electron chi connectivity index (χ1n) is 6.57. The average molecular weight is 319 g/mol. The zero-order valence-electron chi connectivity index (χ0n) is 11.4. The van der Waals surface area contributed by atoms with Crippen LogP contribution in [0.25, 0.3) is 0 Å². The standard InChI is InChI=1S/C13H19ClN2O3S/c1-10-3-4-12(14)13(7-10)20(17,18)16-9-11-8-15-5-2-6-19-11/h3-4,7,11,15-16H,2,5-6,8-9H2,1H3/t11-/m1/s1. The number of rotatable bonds is 4. The van der Waals surface area contributed by atoms with Crippen molar-refractivity contribution in [1.82, 2.24) is 10.0 Å². The molecule has 1 fully saturated rings. The van der Waals surface area contributed by atoms with Gasteiger partial charge in [-0.15, -0.1) is 0 Å². The molecule has 1 aromatic carbocycles. The third kappa shape index (κ3) is 4.17. The summed E-state index contributed by atoms with van der Waals surface area (Å²) < 4.78 is 32.7. The molecule has 20 heavy (non-hydrogen) atoms. The molecule has 0 aromatic heterocycles. The zero-order chi connectivity index (χ0) is 14.6. The van der Waals surface area contributed by atoms with Crippen LogP contribution in [0.5, 0.6) is 0 Å². The van der Waals surface area contributed by atoms with Crippen molar-refractivity contribution in [2.45, 2.75) is 24.3 Å². The van der Waals surface area contributed by atoms with Crippen LogP contribution in [0.2, 0.25) is 5.02 Å². The number of halogens is 1. The van der Waals surface area contributed by atoms with Gasteiger partial charge in [-0.3, -0.25) is 0 Å². The average Bonchev–Trinajstić information content (AvgIpc) is 2.68. The van der Waals surface area contributed by atoms with Crippen molar-refractivity contribution in [3.05, 3.63) is 28.8 Å². The lowest BCUT2D eigenvalue weighted by Crippen LogP contribution is -2.38. The topological polar surface area (TPSA) is 67.4 Å². The number of hydrogen-bond donors (Lipinski definition) is 2. The van der Waals surface area contributed by atoms with Crippen LogP contribution in [0.3, 0.4) is 0 Å². The first kappa shape index (κ1) is 15.7. The fraction of sp³-hybridized carbons (Fsp3) is 0.538. The summed E-state index contributed by atoms with van der Waals surface area (Å²) in [6.45, 7) is 4.24.